The Hall–Kier alpha value is -1.81. The summed E-state index contributed by atoms with van der Waals surface area (Å²) in [5, 5.41) is 10.6. The Bertz CT molecular complexity index is 592. The van der Waals surface area contributed by atoms with Crippen molar-refractivity contribution in [2.24, 2.45) is 0 Å². The first-order chi connectivity index (χ1) is 10.1. The fourth-order valence-electron chi connectivity index (χ4n) is 2.12. The second-order valence-corrected chi connectivity index (χ2v) is 5.63. The number of carbonyl (C=O) groups is 1. The van der Waals surface area contributed by atoms with E-state index in [0.29, 0.717) is 12.2 Å². The van der Waals surface area contributed by atoms with Gasteiger partial charge >= 0.3 is 0 Å². The predicted octanol–water partition coefficient (Wildman–Crippen LogP) is 3.55. The van der Waals surface area contributed by atoms with Gasteiger partial charge in [0.15, 0.2) is 0 Å². The summed E-state index contributed by atoms with van der Waals surface area (Å²) >= 11 is 5.87. The highest BCUT2D eigenvalue weighted by molar-refractivity contribution is 6.30. The molecule has 1 aromatic carbocycles. The number of carbonyl (C=O) groups excluding carboxylic acids is 1. The molecular weight excluding hydrogens is 286 g/mol. The lowest BCUT2D eigenvalue weighted by Crippen LogP contribution is -2.27. The van der Waals surface area contributed by atoms with E-state index < -0.39 is 0 Å². The molecule has 0 spiro atoms. The first-order valence-electron chi connectivity index (χ1n) is 7.18. The van der Waals surface area contributed by atoms with Crippen LogP contribution in [0.3, 0.4) is 0 Å². The molecule has 0 aliphatic heterocycles. The third-order valence-electron chi connectivity index (χ3n) is 3.39. The van der Waals surface area contributed by atoms with Gasteiger partial charge in [-0.15, -0.1) is 0 Å². The molecule has 0 saturated carbocycles. The summed E-state index contributed by atoms with van der Waals surface area (Å²) in [4.78, 5) is 12.0. The zero-order chi connectivity index (χ0) is 15.2. The third kappa shape index (κ3) is 4.33. The van der Waals surface area contributed by atoms with Crippen LogP contribution in [0.25, 0.3) is 0 Å². The molecule has 2 rings (SSSR count). The van der Waals surface area contributed by atoms with Crippen molar-refractivity contribution in [3.05, 3.63) is 52.3 Å². The quantitative estimate of drug-likeness (QED) is 0.857. The van der Waals surface area contributed by atoms with Gasteiger partial charge < -0.3 is 5.32 Å². The van der Waals surface area contributed by atoms with E-state index in [9.17, 15) is 4.79 Å². The van der Waals surface area contributed by atoms with Crippen LogP contribution in [-0.4, -0.2) is 22.6 Å². The highest BCUT2D eigenvalue weighted by atomic mass is 35.5. The lowest BCUT2D eigenvalue weighted by atomic mass is 10.0. The molecule has 0 bridgehead atoms. The van der Waals surface area contributed by atoms with E-state index in [1.165, 1.54) is 0 Å². The molecule has 0 radical (unpaired) electrons. The molecule has 0 aliphatic carbocycles. The van der Waals surface area contributed by atoms with Crippen LogP contribution >= 0.6 is 11.6 Å². The molecule has 1 atom stereocenters. The summed E-state index contributed by atoms with van der Waals surface area (Å²) in [6, 6.07) is 9.49. The average molecular weight is 306 g/mol. The van der Waals surface area contributed by atoms with Crippen molar-refractivity contribution in [1.29, 1.82) is 0 Å². The Morgan fingerprint density at radius 1 is 1.38 bits per heavy atom. The Balaban J connectivity index is 1.89. The second kappa shape index (κ2) is 7.27. The van der Waals surface area contributed by atoms with Crippen LogP contribution in [0.15, 0.2) is 30.3 Å². The van der Waals surface area contributed by atoms with Crippen LogP contribution in [0, 0.1) is 0 Å². The third-order valence-corrected chi connectivity index (χ3v) is 3.64. The summed E-state index contributed by atoms with van der Waals surface area (Å²) in [5.41, 5.74) is 2.59. The number of hydrogen-bond donors (Lipinski definition) is 2. The van der Waals surface area contributed by atoms with Gasteiger partial charge in [0.05, 0.1) is 0 Å². The van der Waals surface area contributed by atoms with E-state index in [0.717, 1.165) is 29.1 Å². The highest BCUT2D eigenvalue weighted by Crippen LogP contribution is 2.17. The van der Waals surface area contributed by atoms with Gasteiger partial charge in [-0.1, -0.05) is 44.0 Å². The molecule has 21 heavy (non-hydrogen) atoms. The van der Waals surface area contributed by atoms with E-state index in [-0.39, 0.29) is 11.8 Å². The largest absolute Gasteiger partial charge is 0.350 e. The van der Waals surface area contributed by atoms with Crippen LogP contribution in [0.1, 0.15) is 47.9 Å². The van der Waals surface area contributed by atoms with Crippen molar-refractivity contribution in [2.45, 2.75) is 32.6 Å². The molecule has 0 aliphatic rings. The van der Waals surface area contributed by atoms with Gasteiger partial charge in [-0.05, 0) is 36.1 Å². The predicted molar refractivity (Wildman–Crippen MR) is 84.8 cm³/mol. The molecule has 112 valence electrons. The SMILES string of the molecule is CCCc1cc(C(=O)NC[C@@H](C)c2ccc(Cl)cc2)n[nH]1. The summed E-state index contributed by atoms with van der Waals surface area (Å²) in [6.07, 6.45) is 1.93. The number of aromatic amines is 1. The van der Waals surface area contributed by atoms with Crippen molar-refractivity contribution in [3.63, 3.8) is 0 Å². The molecule has 1 heterocycles. The Labute approximate surface area is 129 Å². The Morgan fingerprint density at radius 3 is 2.76 bits per heavy atom. The minimum atomic E-state index is -0.144. The van der Waals surface area contributed by atoms with Gasteiger partial charge in [0.1, 0.15) is 5.69 Å². The molecule has 0 fully saturated rings. The summed E-state index contributed by atoms with van der Waals surface area (Å²) < 4.78 is 0. The zero-order valence-corrected chi connectivity index (χ0v) is 13.1. The number of nitrogens with zero attached hydrogens (tertiary/aromatic N) is 1. The zero-order valence-electron chi connectivity index (χ0n) is 12.3. The maximum absolute atomic E-state index is 12.0. The van der Waals surface area contributed by atoms with E-state index in [1.54, 1.807) is 0 Å². The van der Waals surface area contributed by atoms with E-state index in [2.05, 4.69) is 29.4 Å². The summed E-state index contributed by atoms with van der Waals surface area (Å²) in [5.74, 6) is 0.0784. The number of amides is 1. The van der Waals surface area contributed by atoms with Crippen LogP contribution in [0.5, 0.6) is 0 Å². The minimum absolute atomic E-state index is 0.144. The molecule has 2 N–H and O–H groups in total. The number of aromatic nitrogens is 2. The first kappa shape index (κ1) is 15.6. The first-order valence-corrected chi connectivity index (χ1v) is 7.56. The fraction of sp³-hybridized carbons (Fsp3) is 0.375. The van der Waals surface area contributed by atoms with E-state index >= 15 is 0 Å². The highest BCUT2D eigenvalue weighted by Gasteiger charge is 2.12. The number of benzene rings is 1. The fourth-order valence-corrected chi connectivity index (χ4v) is 2.25. The number of rotatable bonds is 6. The molecule has 0 unspecified atom stereocenters. The van der Waals surface area contributed by atoms with E-state index in [4.69, 9.17) is 11.6 Å². The van der Waals surface area contributed by atoms with Gasteiger partial charge in [-0.2, -0.15) is 5.10 Å². The van der Waals surface area contributed by atoms with Crippen LogP contribution in [-0.2, 0) is 6.42 Å². The molecule has 5 heteroatoms. The molecule has 1 amide bonds. The van der Waals surface area contributed by atoms with Crippen molar-refractivity contribution >= 4 is 17.5 Å². The maximum atomic E-state index is 12.0. The maximum Gasteiger partial charge on any atom is 0.271 e. The number of hydrogen-bond acceptors (Lipinski definition) is 2. The summed E-state index contributed by atoms with van der Waals surface area (Å²) in [7, 11) is 0. The number of aryl methyl sites for hydroxylation is 1. The van der Waals surface area contributed by atoms with Crippen LogP contribution < -0.4 is 5.32 Å². The van der Waals surface area contributed by atoms with E-state index in [1.807, 2.05) is 30.3 Å². The molecular formula is C16H20ClN3O. The average Bonchev–Trinajstić information content (AvgIpc) is 2.94. The number of halogens is 1. The van der Waals surface area contributed by atoms with Crippen LogP contribution in [0.4, 0.5) is 0 Å². The Morgan fingerprint density at radius 2 is 2.10 bits per heavy atom. The van der Waals surface area contributed by atoms with Crippen molar-refractivity contribution < 1.29 is 4.79 Å². The van der Waals surface area contributed by atoms with Crippen LogP contribution in [0.2, 0.25) is 5.02 Å². The van der Waals surface area contributed by atoms with Gasteiger partial charge in [-0.3, -0.25) is 9.89 Å². The smallest absolute Gasteiger partial charge is 0.271 e. The number of nitrogens with one attached hydrogen (secondary N) is 2. The molecule has 4 nitrogen and oxygen atoms in total. The lowest BCUT2D eigenvalue weighted by molar-refractivity contribution is 0.0946. The summed E-state index contributed by atoms with van der Waals surface area (Å²) in [6.45, 7) is 4.72. The van der Waals surface area contributed by atoms with Gasteiger partial charge in [-0.25, -0.2) is 0 Å². The second-order valence-electron chi connectivity index (χ2n) is 5.19. The van der Waals surface area contributed by atoms with Crippen molar-refractivity contribution in [2.75, 3.05) is 6.54 Å². The molecule has 1 aromatic heterocycles. The number of H-pyrrole nitrogens is 1. The van der Waals surface area contributed by atoms with Gasteiger partial charge in [0, 0.05) is 17.3 Å². The van der Waals surface area contributed by atoms with Crippen molar-refractivity contribution in [1.82, 2.24) is 15.5 Å². The Kier molecular flexibility index (Phi) is 5.39. The van der Waals surface area contributed by atoms with Gasteiger partial charge in [0.25, 0.3) is 5.91 Å². The molecule has 0 saturated heterocycles. The normalized spacial score (nSPS) is 12.1. The van der Waals surface area contributed by atoms with Crippen molar-refractivity contribution in [3.8, 4) is 0 Å². The standard InChI is InChI=1S/C16H20ClN3O/c1-3-4-14-9-15(20-19-14)16(21)18-10-11(2)12-5-7-13(17)8-6-12/h5-9,11H,3-4,10H2,1-2H3,(H,18,21)(H,19,20)/t11-/m1/s1. The minimum Gasteiger partial charge on any atom is -0.350 e. The monoisotopic (exact) mass is 305 g/mol. The molecule has 2 aromatic rings. The van der Waals surface area contributed by atoms with Gasteiger partial charge in [0.2, 0.25) is 0 Å². The lowest BCUT2D eigenvalue weighted by Gasteiger charge is -2.12. The topological polar surface area (TPSA) is 57.8 Å².